The van der Waals surface area contributed by atoms with Gasteiger partial charge < -0.3 is 48.1 Å². The van der Waals surface area contributed by atoms with E-state index < -0.39 is 65.8 Å². The normalized spacial score (nSPS) is 22.7. The van der Waals surface area contributed by atoms with Gasteiger partial charge in [-0.15, -0.1) is 0 Å². The summed E-state index contributed by atoms with van der Waals surface area (Å²) in [6.07, 6.45) is 5.47. The van der Waals surface area contributed by atoms with Crippen LogP contribution in [0.4, 0.5) is 0 Å². The molecule has 1 saturated heterocycles. The molecule has 5 amide bonds. The van der Waals surface area contributed by atoms with E-state index in [0.29, 0.717) is 19.4 Å². The van der Waals surface area contributed by atoms with Crippen molar-refractivity contribution in [3.63, 3.8) is 0 Å². The van der Waals surface area contributed by atoms with Gasteiger partial charge in [0.2, 0.25) is 29.5 Å². The Hall–Kier alpha value is -4.79. The molecule has 1 aromatic heterocycles. The van der Waals surface area contributed by atoms with Gasteiger partial charge in [-0.3, -0.25) is 24.0 Å². The van der Waals surface area contributed by atoms with E-state index in [1.54, 1.807) is 6.20 Å². The average molecular weight is 719 g/mol. The molecule has 0 spiro atoms. The van der Waals surface area contributed by atoms with Crippen LogP contribution in [0.15, 0.2) is 60.8 Å². The molecule has 2 heterocycles. The molecule has 14 nitrogen and oxygen atoms in total. The third-order valence-electron chi connectivity index (χ3n) is 9.37. The molecule has 3 aromatic rings. The van der Waals surface area contributed by atoms with Gasteiger partial charge in [0.25, 0.3) is 0 Å². The number of aliphatic hydroxyl groups excluding tert-OH is 1. The fraction of sp³-hybridized carbons (Fsp3) is 0.500. The quantitative estimate of drug-likeness (QED) is 0.102. The number of H-pyrrole nitrogens is 1. The van der Waals surface area contributed by atoms with Crippen LogP contribution in [0.25, 0.3) is 10.9 Å². The minimum absolute atomic E-state index is 0.0714. The number of carbonyl (C=O) groups excluding carboxylic acids is 5. The highest BCUT2D eigenvalue weighted by Crippen LogP contribution is 2.20. The van der Waals surface area contributed by atoms with Crippen molar-refractivity contribution in [1.82, 2.24) is 31.6 Å². The lowest BCUT2D eigenvalue weighted by atomic mass is 10.0. The predicted molar refractivity (Wildman–Crippen MR) is 199 cm³/mol. The summed E-state index contributed by atoms with van der Waals surface area (Å²) < 4.78 is 0. The van der Waals surface area contributed by atoms with Crippen LogP contribution in [0.3, 0.4) is 0 Å². The van der Waals surface area contributed by atoms with E-state index in [9.17, 15) is 29.1 Å². The Morgan fingerprint density at radius 1 is 0.596 bits per heavy atom. The number of hydrogen-bond donors (Lipinski definition) is 9. The van der Waals surface area contributed by atoms with Gasteiger partial charge in [-0.25, -0.2) is 0 Å². The molecule has 4 rings (SSSR count). The molecule has 2 aromatic carbocycles. The van der Waals surface area contributed by atoms with E-state index >= 15 is 0 Å². The average Bonchev–Trinajstić information content (AvgIpc) is 3.54. The Balaban J connectivity index is 1.72. The Labute approximate surface area is 304 Å². The molecule has 0 bridgehead atoms. The highest BCUT2D eigenvalue weighted by atomic mass is 16.3. The molecule has 52 heavy (non-hydrogen) atoms. The molecule has 1 aliphatic heterocycles. The van der Waals surface area contributed by atoms with Crippen molar-refractivity contribution in [1.29, 1.82) is 0 Å². The van der Waals surface area contributed by atoms with E-state index in [-0.39, 0.29) is 32.2 Å². The van der Waals surface area contributed by atoms with Gasteiger partial charge in [-0.1, -0.05) is 74.2 Å². The zero-order chi connectivity index (χ0) is 37.5. The van der Waals surface area contributed by atoms with Gasteiger partial charge in [0.1, 0.15) is 30.2 Å². The summed E-state index contributed by atoms with van der Waals surface area (Å²) in [5.74, 6) is -3.33. The molecule has 6 atom stereocenters. The molecule has 282 valence electrons. The number of benzene rings is 2. The first-order valence-electron chi connectivity index (χ1n) is 18.3. The minimum atomic E-state index is -1.43. The topological polar surface area (TPSA) is 234 Å². The van der Waals surface area contributed by atoms with Crippen molar-refractivity contribution < 1.29 is 29.1 Å². The minimum Gasteiger partial charge on any atom is -0.391 e. The molecule has 11 N–H and O–H groups in total. The number of unbranched alkanes of at least 4 members (excludes halogenated alkanes) is 4. The van der Waals surface area contributed by atoms with E-state index in [1.807, 2.05) is 54.6 Å². The van der Waals surface area contributed by atoms with Gasteiger partial charge in [0.15, 0.2) is 0 Å². The molecule has 0 radical (unpaired) electrons. The number of para-hydroxylation sites is 1. The summed E-state index contributed by atoms with van der Waals surface area (Å²) >= 11 is 0. The van der Waals surface area contributed by atoms with Crippen LogP contribution in [0.2, 0.25) is 0 Å². The summed E-state index contributed by atoms with van der Waals surface area (Å²) in [5, 5.41) is 25.3. The number of nitrogens with one attached hydrogen (secondary N) is 6. The monoisotopic (exact) mass is 718 g/mol. The van der Waals surface area contributed by atoms with Gasteiger partial charge in [0, 0.05) is 29.9 Å². The first kappa shape index (κ1) is 40.0. The second kappa shape index (κ2) is 20.3. The lowest BCUT2D eigenvalue weighted by Gasteiger charge is -2.27. The number of hydrogen-bond acceptors (Lipinski definition) is 8. The molecule has 6 unspecified atom stereocenters. The number of aliphatic hydroxyl groups is 1. The molecule has 1 aliphatic rings. The van der Waals surface area contributed by atoms with Crippen molar-refractivity contribution in [2.45, 2.75) is 107 Å². The van der Waals surface area contributed by atoms with Gasteiger partial charge >= 0.3 is 0 Å². The smallest absolute Gasteiger partial charge is 0.245 e. The summed E-state index contributed by atoms with van der Waals surface area (Å²) in [5.41, 5.74) is 13.8. The number of amides is 5. The van der Waals surface area contributed by atoms with Crippen molar-refractivity contribution in [2.24, 2.45) is 11.5 Å². The summed E-state index contributed by atoms with van der Waals surface area (Å²) in [6.45, 7) is 2.18. The third-order valence-corrected chi connectivity index (χ3v) is 9.37. The van der Waals surface area contributed by atoms with Crippen LogP contribution in [0.5, 0.6) is 0 Å². The van der Waals surface area contributed by atoms with Crippen LogP contribution >= 0.6 is 0 Å². The fourth-order valence-electron chi connectivity index (χ4n) is 6.41. The van der Waals surface area contributed by atoms with Gasteiger partial charge in [-0.2, -0.15) is 0 Å². The number of aromatic amines is 1. The molecule has 14 heteroatoms. The molecule has 0 saturated carbocycles. The zero-order valence-electron chi connectivity index (χ0n) is 29.9. The van der Waals surface area contributed by atoms with Crippen LogP contribution in [0.1, 0.15) is 69.4 Å². The fourth-order valence-corrected chi connectivity index (χ4v) is 6.41. The van der Waals surface area contributed by atoms with Crippen molar-refractivity contribution in [3.8, 4) is 0 Å². The standard InChI is InChI=1S/C38H54N8O6/c1-24(47)33-38(52)43-30(18-12-20-40)34(48)45-32(22-26-23-41-28-16-10-9-15-27(26)28)37(51)44-31(21-25-13-6-5-7-14-25)36(50)42-29(35(49)46-33)17-8-3-2-4-11-19-39/h5-7,9-10,13-16,23-24,29-33,41,47H,2-4,8,11-12,17-22,39-40H2,1H3,(H,42,50)(H,43,52)(H,44,51)(H,45,48)(H,46,49). The number of rotatable bonds is 15. The van der Waals surface area contributed by atoms with E-state index in [0.717, 1.165) is 47.7 Å². The van der Waals surface area contributed by atoms with E-state index in [1.165, 1.54) is 6.92 Å². The van der Waals surface area contributed by atoms with Gasteiger partial charge in [0.05, 0.1) is 6.10 Å². The second-order valence-corrected chi connectivity index (χ2v) is 13.5. The zero-order valence-corrected chi connectivity index (χ0v) is 29.9. The second-order valence-electron chi connectivity index (χ2n) is 13.5. The maximum atomic E-state index is 14.2. The lowest BCUT2D eigenvalue weighted by molar-refractivity contribution is -0.136. The third kappa shape index (κ3) is 11.6. The highest BCUT2D eigenvalue weighted by Gasteiger charge is 2.36. The summed E-state index contributed by atoms with van der Waals surface area (Å²) in [7, 11) is 0. The maximum absolute atomic E-state index is 14.2. The van der Waals surface area contributed by atoms with Crippen LogP contribution < -0.4 is 38.1 Å². The molecule has 1 fully saturated rings. The Bertz CT molecular complexity index is 1630. The molecule has 0 aliphatic carbocycles. The number of nitrogens with two attached hydrogens (primary N) is 2. The summed E-state index contributed by atoms with van der Waals surface area (Å²) in [6, 6.07) is 10.8. The van der Waals surface area contributed by atoms with Crippen molar-refractivity contribution in [3.05, 3.63) is 71.9 Å². The largest absolute Gasteiger partial charge is 0.391 e. The lowest BCUT2D eigenvalue weighted by Crippen LogP contribution is -2.60. The van der Waals surface area contributed by atoms with Crippen LogP contribution in [0, 0.1) is 0 Å². The maximum Gasteiger partial charge on any atom is 0.245 e. The highest BCUT2D eigenvalue weighted by molar-refractivity contribution is 5.98. The van der Waals surface area contributed by atoms with Crippen molar-refractivity contribution in [2.75, 3.05) is 13.1 Å². The van der Waals surface area contributed by atoms with E-state index in [2.05, 4.69) is 31.6 Å². The van der Waals surface area contributed by atoms with Crippen LogP contribution in [-0.4, -0.2) is 89.0 Å². The van der Waals surface area contributed by atoms with Gasteiger partial charge in [-0.05, 0) is 62.9 Å². The number of aromatic nitrogens is 1. The van der Waals surface area contributed by atoms with Crippen LogP contribution in [-0.2, 0) is 36.8 Å². The summed E-state index contributed by atoms with van der Waals surface area (Å²) in [4.78, 5) is 72.8. The van der Waals surface area contributed by atoms with Crippen molar-refractivity contribution >= 4 is 40.4 Å². The molecular weight excluding hydrogens is 664 g/mol. The Kier molecular flexibility index (Phi) is 15.6. The Morgan fingerprint density at radius 2 is 1.12 bits per heavy atom. The Morgan fingerprint density at radius 3 is 1.79 bits per heavy atom. The van der Waals surface area contributed by atoms with E-state index in [4.69, 9.17) is 11.5 Å². The SMILES string of the molecule is CC(O)C1NC(=O)C(CCCCCCCN)NC(=O)C(Cc2ccccc2)NC(=O)C(Cc2c[nH]c3ccccc23)NC(=O)C(CCCN)NC1=O. The predicted octanol–water partition coefficient (Wildman–Crippen LogP) is 0.810. The first-order valence-corrected chi connectivity index (χ1v) is 18.3. The molecular formula is C38H54N8O6. The number of fused-ring (bicyclic) bond motifs is 1. The first-order chi connectivity index (χ1) is 25.1. The number of carbonyl (C=O) groups is 5.